The van der Waals surface area contributed by atoms with E-state index in [-0.39, 0.29) is 17.3 Å². The first-order valence-corrected chi connectivity index (χ1v) is 4.70. The fourth-order valence-corrected chi connectivity index (χ4v) is 1.25. The van der Waals surface area contributed by atoms with Gasteiger partial charge in [-0.05, 0) is 19.1 Å². The number of halogens is 1. The second-order valence-electron chi connectivity index (χ2n) is 3.26. The van der Waals surface area contributed by atoms with Crippen molar-refractivity contribution in [2.75, 3.05) is 5.32 Å². The summed E-state index contributed by atoms with van der Waals surface area (Å²) in [5.74, 6) is -0.290. The largest absolute Gasteiger partial charge is 0.503 e. The molecule has 5 heteroatoms. The number of aromatic nitrogens is 2. The van der Waals surface area contributed by atoms with Gasteiger partial charge in [0, 0.05) is 0 Å². The van der Waals surface area contributed by atoms with Gasteiger partial charge in [-0.3, -0.25) is 0 Å². The summed E-state index contributed by atoms with van der Waals surface area (Å²) in [6.45, 7) is 1.64. The Morgan fingerprint density at radius 1 is 1.25 bits per heavy atom. The molecular weight excluding hydrogens is 209 g/mol. The van der Waals surface area contributed by atoms with Crippen molar-refractivity contribution < 1.29 is 9.50 Å². The zero-order valence-corrected chi connectivity index (χ0v) is 8.61. The maximum atomic E-state index is 13.3. The average Bonchev–Trinajstić information content (AvgIpc) is 2.28. The molecule has 0 saturated carbocycles. The molecule has 4 nitrogen and oxygen atoms in total. The Morgan fingerprint density at radius 2 is 2.00 bits per heavy atom. The van der Waals surface area contributed by atoms with Crippen LogP contribution < -0.4 is 5.32 Å². The van der Waals surface area contributed by atoms with Crippen LogP contribution >= 0.6 is 0 Å². The fourth-order valence-electron chi connectivity index (χ4n) is 1.25. The van der Waals surface area contributed by atoms with E-state index in [9.17, 15) is 9.50 Å². The van der Waals surface area contributed by atoms with Crippen molar-refractivity contribution in [1.29, 1.82) is 0 Å². The van der Waals surface area contributed by atoms with Crippen molar-refractivity contribution in [2.24, 2.45) is 0 Å². The van der Waals surface area contributed by atoms with Gasteiger partial charge < -0.3 is 10.4 Å². The Labute approximate surface area is 91.8 Å². The Balaban J connectivity index is 2.35. The first kappa shape index (κ1) is 10.4. The molecule has 0 radical (unpaired) electrons. The summed E-state index contributed by atoms with van der Waals surface area (Å²) >= 11 is 0. The molecule has 2 N–H and O–H groups in total. The number of aryl methyl sites for hydroxylation is 1. The molecule has 0 aliphatic heterocycles. The van der Waals surface area contributed by atoms with Crippen LogP contribution in [0.25, 0.3) is 0 Å². The van der Waals surface area contributed by atoms with E-state index in [2.05, 4.69) is 15.3 Å². The van der Waals surface area contributed by atoms with E-state index in [4.69, 9.17) is 0 Å². The van der Waals surface area contributed by atoms with Crippen LogP contribution in [0.5, 0.6) is 5.75 Å². The lowest BCUT2D eigenvalue weighted by molar-refractivity contribution is 0.467. The lowest BCUT2D eigenvalue weighted by Crippen LogP contribution is -1.98. The fraction of sp³-hybridized carbons (Fsp3) is 0.0909. The third-order valence-electron chi connectivity index (χ3n) is 2.13. The van der Waals surface area contributed by atoms with Crippen LogP contribution in [0, 0.1) is 12.7 Å². The molecule has 1 aromatic heterocycles. The van der Waals surface area contributed by atoms with Crippen molar-refractivity contribution in [3.8, 4) is 5.75 Å². The minimum absolute atomic E-state index is 0.0780. The topological polar surface area (TPSA) is 58.0 Å². The lowest BCUT2D eigenvalue weighted by Gasteiger charge is -2.08. The molecule has 0 aliphatic rings. The van der Waals surface area contributed by atoms with E-state index >= 15 is 0 Å². The van der Waals surface area contributed by atoms with Gasteiger partial charge in [0.15, 0.2) is 11.6 Å². The molecule has 0 aliphatic carbocycles. The van der Waals surface area contributed by atoms with Crippen molar-refractivity contribution in [3.05, 3.63) is 42.1 Å². The monoisotopic (exact) mass is 219 g/mol. The van der Waals surface area contributed by atoms with Crippen LogP contribution in [-0.2, 0) is 0 Å². The molecular formula is C11H10FN3O. The van der Waals surface area contributed by atoms with Gasteiger partial charge in [0.2, 0.25) is 0 Å². The summed E-state index contributed by atoms with van der Waals surface area (Å²) in [7, 11) is 0. The first-order chi connectivity index (χ1) is 7.68. The number of rotatable bonds is 2. The number of hydrogen-bond donors (Lipinski definition) is 2. The van der Waals surface area contributed by atoms with E-state index < -0.39 is 5.82 Å². The van der Waals surface area contributed by atoms with E-state index in [0.29, 0.717) is 5.69 Å². The molecule has 2 aromatic rings. The molecule has 1 aromatic carbocycles. The third kappa shape index (κ3) is 1.93. The summed E-state index contributed by atoms with van der Waals surface area (Å²) < 4.78 is 13.3. The predicted octanol–water partition coefficient (Wildman–Crippen LogP) is 2.37. The van der Waals surface area contributed by atoms with Crippen LogP contribution in [0.15, 0.2) is 30.6 Å². The second-order valence-corrected chi connectivity index (χ2v) is 3.26. The van der Waals surface area contributed by atoms with Crippen LogP contribution in [0.3, 0.4) is 0 Å². The van der Waals surface area contributed by atoms with Crippen molar-refractivity contribution in [2.45, 2.75) is 6.92 Å². The molecule has 82 valence electrons. The van der Waals surface area contributed by atoms with Gasteiger partial charge in [-0.25, -0.2) is 14.4 Å². The number of nitrogens with zero attached hydrogens (tertiary/aromatic N) is 2. The Kier molecular flexibility index (Phi) is 2.68. The summed E-state index contributed by atoms with van der Waals surface area (Å²) in [5.41, 5.74) is 0.699. The molecule has 0 saturated heterocycles. The molecule has 16 heavy (non-hydrogen) atoms. The molecule has 2 rings (SSSR count). The van der Waals surface area contributed by atoms with Gasteiger partial charge in [0.1, 0.15) is 12.1 Å². The maximum Gasteiger partial charge on any atom is 0.180 e. The van der Waals surface area contributed by atoms with Crippen LogP contribution in [-0.4, -0.2) is 15.1 Å². The second kappa shape index (κ2) is 4.14. The molecule has 0 fully saturated rings. The minimum atomic E-state index is -0.404. The van der Waals surface area contributed by atoms with Gasteiger partial charge in [0.25, 0.3) is 0 Å². The van der Waals surface area contributed by atoms with Gasteiger partial charge in [0.05, 0.1) is 11.4 Å². The summed E-state index contributed by atoms with van der Waals surface area (Å²) in [5, 5.41) is 12.3. The molecule has 1 heterocycles. The summed E-state index contributed by atoms with van der Waals surface area (Å²) in [4.78, 5) is 7.65. The van der Waals surface area contributed by atoms with E-state index in [1.54, 1.807) is 25.1 Å². The van der Waals surface area contributed by atoms with E-state index in [1.807, 2.05) is 0 Å². The minimum Gasteiger partial charge on any atom is -0.503 e. The van der Waals surface area contributed by atoms with Crippen LogP contribution in [0.4, 0.5) is 15.9 Å². The molecule has 0 spiro atoms. The maximum absolute atomic E-state index is 13.3. The third-order valence-corrected chi connectivity index (χ3v) is 2.13. The van der Waals surface area contributed by atoms with Gasteiger partial charge in [-0.1, -0.05) is 12.1 Å². The highest BCUT2D eigenvalue weighted by Crippen LogP contribution is 2.26. The van der Waals surface area contributed by atoms with Crippen molar-refractivity contribution in [1.82, 2.24) is 9.97 Å². The predicted molar refractivity (Wildman–Crippen MR) is 58.1 cm³/mol. The Bertz CT molecular complexity index is 516. The van der Waals surface area contributed by atoms with Crippen LogP contribution in [0.2, 0.25) is 0 Å². The number of benzene rings is 1. The Hall–Kier alpha value is -2.17. The quantitative estimate of drug-likeness (QED) is 0.814. The highest BCUT2D eigenvalue weighted by molar-refractivity contribution is 5.62. The number of anilines is 2. The lowest BCUT2D eigenvalue weighted by atomic mass is 10.3. The van der Waals surface area contributed by atoms with Crippen molar-refractivity contribution in [3.63, 3.8) is 0 Å². The normalized spacial score (nSPS) is 10.1. The first-order valence-electron chi connectivity index (χ1n) is 4.70. The molecule has 0 atom stereocenters. The molecule has 0 bridgehead atoms. The van der Waals surface area contributed by atoms with E-state index in [0.717, 1.165) is 0 Å². The Morgan fingerprint density at radius 3 is 2.75 bits per heavy atom. The molecule has 0 unspecified atom stereocenters. The zero-order valence-electron chi connectivity index (χ0n) is 8.61. The number of nitrogens with one attached hydrogen (secondary N) is 1. The highest BCUT2D eigenvalue weighted by Gasteiger charge is 2.08. The zero-order chi connectivity index (χ0) is 11.5. The van der Waals surface area contributed by atoms with E-state index in [1.165, 1.54) is 12.4 Å². The van der Waals surface area contributed by atoms with Gasteiger partial charge in [-0.15, -0.1) is 0 Å². The van der Waals surface area contributed by atoms with Crippen molar-refractivity contribution >= 4 is 11.5 Å². The number of para-hydroxylation sites is 1. The summed E-state index contributed by atoms with van der Waals surface area (Å²) in [6.07, 6.45) is 1.30. The molecule has 0 amide bonds. The van der Waals surface area contributed by atoms with Crippen LogP contribution in [0.1, 0.15) is 5.69 Å². The van der Waals surface area contributed by atoms with Gasteiger partial charge in [-0.2, -0.15) is 0 Å². The smallest absolute Gasteiger partial charge is 0.180 e. The SMILES string of the molecule is Cc1ncnc(Nc2ccccc2F)c1O. The summed E-state index contributed by atoms with van der Waals surface area (Å²) in [6, 6.07) is 6.17. The highest BCUT2D eigenvalue weighted by atomic mass is 19.1. The van der Waals surface area contributed by atoms with Gasteiger partial charge >= 0.3 is 0 Å². The number of hydrogen-bond acceptors (Lipinski definition) is 4. The standard InChI is InChI=1S/C11H10FN3O/c1-7-10(16)11(14-6-13-7)15-9-5-3-2-4-8(9)12/h2-6,16H,1H3,(H,13,14,15). The average molecular weight is 219 g/mol. The number of aromatic hydroxyl groups is 1.